The van der Waals surface area contributed by atoms with Crippen molar-refractivity contribution >= 4 is 17.7 Å². The molecule has 1 rings (SSSR count). The van der Waals surface area contributed by atoms with Crippen LogP contribution in [0, 0.1) is 0 Å². The fourth-order valence-corrected chi connectivity index (χ4v) is 1.42. The van der Waals surface area contributed by atoms with E-state index < -0.39 is 0 Å². The highest BCUT2D eigenvalue weighted by Crippen LogP contribution is 1.94. The number of aliphatic imine (C=N–C) groups is 1. The fraction of sp³-hybridized carbons (Fsp3) is 0.857. The van der Waals surface area contributed by atoms with Crippen molar-refractivity contribution in [3.8, 4) is 0 Å². The molecule has 1 unspecified atom stereocenters. The van der Waals surface area contributed by atoms with E-state index in [1.807, 2.05) is 11.8 Å². The molecule has 0 aromatic rings. The average molecular weight is 188 g/mol. The van der Waals surface area contributed by atoms with Crippen LogP contribution in [-0.2, 0) is 0 Å². The molecule has 70 valence electrons. The van der Waals surface area contributed by atoms with Gasteiger partial charge in [-0.15, -0.1) is 0 Å². The van der Waals surface area contributed by atoms with Crippen LogP contribution in [0.15, 0.2) is 4.99 Å². The van der Waals surface area contributed by atoms with Gasteiger partial charge in [-0.2, -0.15) is 11.8 Å². The monoisotopic (exact) mass is 188 g/mol. The highest BCUT2D eigenvalue weighted by Gasteiger charge is 2.10. The van der Waals surface area contributed by atoms with Gasteiger partial charge in [-0.3, -0.25) is 0 Å². The van der Waals surface area contributed by atoms with Crippen LogP contribution in [0.1, 0.15) is 6.42 Å². The Morgan fingerprint density at radius 2 is 2.67 bits per heavy atom. The van der Waals surface area contributed by atoms with Gasteiger partial charge in [0.05, 0.1) is 6.54 Å². The van der Waals surface area contributed by atoms with Crippen molar-refractivity contribution in [2.75, 3.05) is 25.1 Å². The zero-order valence-corrected chi connectivity index (χ0v) is 8.16. The largest absolute Gasteiger partial charge is 0.356 e. The molecule has 4 nitrogen and oxygen atoms in total. The van der Waals surface area contributed by atoms with Gasteiger partial charge in [-0.05, 0) is 18.4 Å². The smallest absolute Gasteiger partial charge is 0.193 e. The third-order valence-electron chi connectivity index (χ3n) is 1.59. The lowest BCUT2D eigenvalue weighted by Crippen LogP contribution is -2.35. The number of hydrogen-bond acceptors (Lipinski definition) is 5. The minimum absolute atomic E-state index is 0.0620. The minimum Gasteiger partial charge on any atom is -0.356 e. The van der Waals surface area contributed by atoms with E-state index in [0.717, 1.165) is 25.5 Å². The van der Waals surface area contributed by atoms with Gasteiger partial charge in [0.15, 0.2) is 5.96 Å². The molecule has 0 aromatic heterocycles. The summed E-state index contributed by atoms with van der Waals surface area (Å²) >= 11 is 1.86. The van der Waals surface area contributed by atoms with Gasteiger partial charge in [-0.1, -0.05) is 0 Å². The van der Waals surface area contributed by atoms with E-state index in [1.54, 1.807) is 0 Å². The van der Waals surface area contributed by atoms with Gasteiger partial charge in [0.2, 0.25) is 0 Å². The standard InChI is InChI=1S/C7H16N4S/c1-12-4-2-3-9-7-10-5-6(8)11-7/h6H,2-5,8H2,1H3,(H2,9,10,11). The first-order valence-corrected chi connectivity index (χ1v) is 5.52. The highest BCUT2D eigenvalue weighted by atomic mass is 32.2. The van der Waals surface area contributed by atoms with Crippen molar-refractivity contribution in [2.45, 2.75) is 12.6 Å². The molecule has 0 amide bonds. The first-order chi connectivity index (χ1) is 5.83. The van der Waals surface area contributed by atoms with Gasteiger partial charge in [0.25, 0.3) is 0 Å². The van der Waals surface area contributed by atoms with Crippen LogP contribution in [0.25, 0.3) is 0 Å². The van der Waals surface area contributed by atoms with Crippen molar-refractivity contribution in [3.05, 3.63) is 0 Å². The summed E-state index contributed by atoms with van der Waals surface area (Å²) in [6.07, 6.45) is 3.21. The van der Waals surface area contributed by atoms with Gasteiger partial charge >= 0.3 is 0 Å². The lowest BCUT2D eigenvalue weighted by Gasteiger charge is -2.04. The van der Waals surface area contributed by atoms with Crippen LogP contribution in [0.3, 0.4) is 0 Å². The Labute approximate surface area is 77.4 Å². The zero-order valence-electron chi connectivity index (χ0n) is 7.34. The number of thioether (sulfide) groups is 1. The first-order valence-electron chi connectivity index (χ1n) is 4.13. The molecule has 0 spiro atoms. The molecule has 1 aliphatic heterocycles. The number of nitrogens with two attached hydrogens (primary N) is 1. The van der Waals surface area contributed by atoms with E-state index in [9.17, 15) is 0 Å². The van der Waals surface area contributed by atoms with Crippen LogP contribution in [0.4, 0.5) is 0 Å². The second-order valence-corrected chi connectivity index (χ2v) is 3.68. The highest BCUT2D eigenvalue weighted by molar-refractivity contribution is 7.98. The lowest BCUT2D eigenvalue weighted by atomic mass is 10.5. The molecule has 1 aliphatic rings. The summed E-state index contributed by atoms with van der Waals surface area (Å²) in [6.45, 7) is 1.73. The summed E-state index contributed by atoms with van der Waals surface area (Å²) in [5.74, 6) is 2.04. The minimum atomic E-state index is -0.0620. The van der Waals surface area contributed by atoms with E-state index in [0.29, 0.717) is 0 Å². The Hall–Kier alpha value is -0.420. The van der Waals surface area contributed by atoms with Gasteiger partial charge < -0.3 is 16.4 Å². The molecular formula is C7H16N4S. The summed E-state index contributed by atoms with van der Waals surface area (Å²) < 4.78 is 0. The van der Waals surface area contributed by atoms with E-state index in [2.05, 4.69) is 21.9 Å². The van der Waals surface area contributed by atoms with Crippen molar-refractivity contribution in [1.29, 1.82) is 0 Å². The Kier molecular flexibility index (Phi) is 4.24. The summed E-state index contributed by atoms with van der Waals surface area (Å²) in [5, 5.41) is 6.28. The quantitative estimate of drug-likeness (QED) is 0.524. The Morgan fingerprint density at radius 1 is 1.83 bits per heavy atom. The fourth-order valence-electron chi connectivity index (χ4n) is 0.990. The normalized spacial score (nSPS) is 21.8. The van der Waals surface area contributed by atoms with Crippen LogP contribution < -0.4 is 16.4 Å². The second-order valence-electron chi connectivity index (χ2n) is 2.70. The van der Waals surface area contributed by atoms with Gasteiger partial charge in [0.1, 0.15) is 6.17 Å². The van der Waals surface area contributed by atoms with Crippen molar-refractivity contribution in [3.63, 3.8) is 0 Å². The Balaban J connectivity index is 2.03. The number of guanidine groups is 1. The van der Waals surface area contributed by atoms with Gasteiger partial charge in [-0.25, -0.2) is 4.99 Å². The lowest BCUT2D eigenvalue weighted by molar-refractivity contribution is 0.731. The molecular weight excluding hydrogens is 172 g/mol. The summed E-state index contributed by atoms with van der Waals surface area (Å²) in [7, 11) is 0. The summed E-state index contributed by atoms with van der Waals surface area (Å²) in [4.78, 5) is 4.15. The molecule has 12 heavy (non-hydrogen) atoms. The van der Waals surface area contributed by atoms with E-state index in [-0.39, 0.29) is 6.17 Å². The third kappa shape index (κ3) is 3.32. The van der Waals surface area contributed by atoms with Crippen LogP contribution in [0.2, 0.25) is 0 Å². The summed E-state index contributed by atoms with van der Waals surface area (Å²) in [5.41, 5.74) is 5.56. The van der Waals surface area contributed by atoms with Gasteiger partial charge in [0, 0.05) is 6.54 Å². The van der Waals surface area contributed by atoms with Crippen LogP contribution >= 0.6 is 11.8 Å². The van der Waals surface area contributed by atoms with Crippen molar-refractivity contribution in [1.82, 2.24) is 10.6 Å². The molecule has 0 aromatic carbocycles. The third-order valence-corrected chi connectivity index (χ3v) is 2.29. The zero-order chi connectivity index (χ0) is 8.81. The van der Waals surface area contributed by atoms with Crippen molar-refractivity contribution in [2.24, 2.45) is 10.7 Å². The Morgan fingerprint density at radius 3 is 3.25 bits per heavy atom. The molecule has 1 atom stereocenters. The molecule has 0 fully saturated rings. The molecule has 0 saturated heterocycles. The SMILES string of the molecule is CSCCCNC1=NC(N)CN1. The van der Waals surface area contributed by atoms with Crippen molar-refractivity contribution < 1.29 is 0 Å². The van der Waals surface area contributed by atoms with Crippen LogP contribution in [0.5, 0.6) is 0 Å². The maximum absolute atomic E-state index is 5.56. The number of rotatable bonds is 4. The molecule has 5 heteroatoms. The number of hydrogen-bond donors (Lipinski definition) is 3. The first kappa shape index (κ1) is 9.67. The second kappa shape index (κ2) is 5.27. The maximum atomic E-state index is 5.56. The Bertz CT molecular complexity index is 159. The maximum Gasteiger partial charge on any atom is 0.193 e. The molecule has 0 saturated carbocycles. The van der Waals surface area contributed by atoms with E-state index >= 15 is 0 Å². The number of nitrogens with zero attached hydrogens (tertiary/aromatic N) is 1. The predicted octanol–water partition coefficient (Wildman–Crippen LogP) is -0.427. The predicted molar refractivity (Wildman–Crippen MR) is 54.4 cm³/mol. The molecule has 1 heterocycles. The molecule has 0 radical (unpaired) electrons. The number of nitrogens with one attached hydrogen (secondary N) is 2. The average Bonchev–Trinajstić information content (AvgIpc) is 2.45. The topological polar surface area (TPSA) is 62.4 Å². The van der Waals surface area contributed by atoms with E-state index in [1.165, 1.54) is 5.75 Å². The van der Waals surface area contributed by atoms with E-state index in [4.69, 9.17) is 5.73 Å². The molecule has 4 N–H and O–H groups in total. The summed E-state index contributed by atoms with van der Waals surface area (Å²) in [6, 6.07) is 0. The van der Waals surface area contributed by atoms with Crippen LogP contribution in [-0.4, -0.2) is 37.2 Å². The molecule has 0 aliphatic carbocycles. The molecule has 0 bridgehead atoms.